The minimum absolute atomic E-state index is 0.0230. The van der Waals surface area contributed by atoms with E-state index in [9.17, 15) is 23.2 Å². The van der Waals surface area contributed by atoms with E-state index in [-0.39, 0.29) is 24.8 Å². The first-order valence-corrected chi connectivity index (χ1v) is 8.04. The van der Waals surface area contributed by atoms with Crippen LogP contribution < -0.4 is 5.32 Å². The third kappa shape index (κ3) is 8.04. The van der Waals surface area contributed by atoms with Crippen molar-refractivity contribution in [1.29, 1.82) is 0 Å². The monoisotopic (exact) mass is 371 g/mol. The van der Waals surface area contributed by atoms with E-state index >= 15 is 0 Å². The number of benzene rings is 1. The van der Waals surface area contributed by atoms with Gasteiger partial charge < -0.3 is 14.8 Å². The molecule has 0 saturated carbocycles. The lowest BCUT2D eigenvalue weighted by atomic mass is 10.1. The van der Waals surface area contributed by atoms with E-state index < -0.39 is 41.1 Å². The first kappa shape index (κ1) is 21.5. The van der Waals surface area contributed by atoms with E-state index in [0.717, 1.165) is 19.2 Å². The molecule has 0 aromatic heterocycles. The zero-order valence-corrected chi connectivity index (χ0v) is 15.2. The Balaban J connectivity index is 2.67. The van der Waals surface area contributed by atoms with Crippen LogP contribution in [0.3, 0.4) is 0 Å². The minimum atomic E-state index is -1.07. The van der Waals surface area contributed by atoms with E-state index in [1.165, 1.54) is 0 Å². The molecule has 144 valence electrons. The molecule has 1 amide bonds. The molecule has 1 aromatic carbocycles. The van der Waals surface area contributed by atoms with Gasteiger partial charge in [0.2, 0.25) is 5.91 Å². The van der Waals surface area contributed by atoms with Crippen molar-refractivity contribution in [1.82, 2.24) is 5.32 Å². The van der Waals surface area contributed by atoms with Gasteiger partial charge in [0.25, 0.3) is 0 Å². The fourth-order valence-corrected chi connectivity index (χ4v) is 2.19. The molecule has 0 unspecified atom stereocenters. The highest BCUT2D eigenvalue weighted by Crippen LogP contribution is 2.12. The van der Waals surface area contributed by atoms with Crippen LogP contribution in [0.15, 0.2) is 18.2 Å². The molecule has 1 N–H and O–H groups in total. The molecular formula is C18H23F2NO5. The van der Waals surface area contributed by atoms with E-state index in [1.54, 1.807) is 20.8 Å². The van der Waals surface area contributed by atoms with E-state index in [1.807, 2.05) is 0 Å². The first-order chi connectivity index (χ1) is 12.0. The molecule has 0 radical (unpaired) electrons. The van der Waals surface area contributed by atoms with Crippen molar-refractivity contribution in [3.63, 3.8) is 0 Å². The zero-order chi connectivity index (χ0) is 19.9. The van der Waals surface area contributed by atoms with Gasteiger partial charge in [0.1, 0.15) is 23.3 Å². The maximum Gasteiger partial charge on any atom is 0.328 e. The van der Waals surface area contributed by atoms with E-state index in [0.29, 0.717) is 6.07 Å². The molecule has 1 rings (SSSR count). The van der Waals surface area contributed by atoms with Gasteiger partial charge in [0.15, 0.2) is 0 Å². The van der Waals surface area contributed by atoms with Gasteiger partial charge in [-0.05, 0) is 44.9 Å². The van der Waals surface area contributed by atoms with Gasteiger partial charge in [-0.25, -0.2) is 13.6 Å². The number of carbonyl (C=O) groups excluding carboxylic acids is 3. The lowest BCUT2D eigenvalue weighted by Gasteiger charge is -2.21. The maximum atomic E-state index is 13.2. The Morgan fingerprint density at radius 1 is 1.12 bits per heavy atom. The quantitative estimate of drug-likeness (QED) is 0.744. The highest BCUT2D eigenvalue weighted by Gasteiger charge is 2.24. The van der Waals surface area contributed by atoms with Crippen LogP contribution in [-0.2, 0) is 30.3 Å². The molecule has 0 aliphatic carbocycles. The van der Waals surface area contributed by atoms with Gasteiger partial charge in [0.05, 0.1) is 13.5 Å². The van der Waals surface area contributed by atoms with Gasteiger partial charge in [-0.15, -0.1) is 0 Å². The number of methoxy groups -OCH3 is 1. The second-order valence-electron chi connectivity index (χ2n) is 6.72. The third-order valence-electron chi connectivity index (χ3n) is 3.17. The molecule has 6 nitrogen and oxygen atoms in total. The fraction of sp³-hybridized carbons (Fsp3) is 0.500. The number of halogens is 2. The largest absolute Gasteiger partial charge is 0.467 e. The summed E-state index contributed by atoms with van der Waals surface area (Å²) in [5.41, 5.74) is -0.543. The second-order valence-corrected chi connectivity index (χ2v) is 6.72. The highest BCUT2D eigenvalue weighted by molar-refractivity contribution is 5.86. The lowest BCUT2D eigenvalue weighted by Crippen LogP contribution is -2.42. The number of ether oxygens (including phenoxy) is 2. The molecular weight excluding hydrogens is 348 g/mol. The predicted octanol–water partition coefficient (Wildman–Crippen LogP) is 2.29. The number of nitrogens with one attached hydrogen (secondary N) is 1. The lowest BCUT2D eigenvalue weighted by molar-refractivity contribution is -0.155. The zero-order valence-electron chi connectivity index (χ0n) is 15.2. The summed E-state index contributed by atoms with van der Waals surface area (Å²) < 4.78 is 36.1. The number of esters is 2. The van der Waals surface area contributed by atoms with Gasteiger partial charge in [-0.2, -0.15) is 0 Å². The van der Waals surface area contributed by atoms with Crippen molar-refractivity contribution in [2.75, 3.05) is 7.11 Å². The second kappa shape index (κ2) is 9.26. The Bertz CT molecular complexity index is 650. The average Bonchev–Trinajstić information content (AvgIpc) is 2.47. The van der Waals surface area contributed by atoms with Gasteiger partial charge in [-0.1, -0.05) is 0 Å². The highest BCUT2D eigenvalue weighted by atomic mass is 19.1. The number of rotatable bonds is 7. The number of hydrogen-bond donors (Lipinski definition) is 1. The molecule has 1 aromatic rings. The van der Waals surface area contributed by atoms with E-state index in [2.05, 4.69) is 10.1 Å². The Labute approximate surface area is 150 Å². The Kier molecular flexibility index (Phi) is 7.67. The Morgan fingerprint density at radius 2 is 1.69 bits per heavy atom. The molecule has 8 heteroatoms. The minimum Gasteiger partial charge on any atom is -0.467 e. The Hall–Kier alpha value is -2.51. The normalized spacial score (nSPS) is 12.2. The molecule has 0 aliphatic heterocycles. The summed E-state index contributed by atoms with van der Waals surface area (Å²) in [6, 6.07) is 1.67. The van der Waals surface area contributed by atoms with Gasteiger partial charge in [0, 0.05) is 12.5 Å². The summed E-state index contributed by atoms with van der Waals surface area (Å²) in [6.07, 6.45) is -0.453. The Morgan fingerprint density at radius 3 is 2.19 bits per heavy atom. The van der Waals surface area contributed by atoms with Crippen LogP contribution in [0.25, 0.3) is 0 Å². The number of hydrogen-bond acceptors (Lipinski definition) is 5. The standard InChI is InChI=1S/C18H23F2NO5/c1-18(2,3)26-16(23)6-5-14(17(24)25-4)21-15(22)9-11-7-12(19)10-13(20)8-11/h7-8,10,14H,5-6,9H2,1-4H3,(H,21,22)/t14-/m0/s1. The van der Waals surface area contributed by atoms with Crippen LogP contribution in [-0.4, -0.2) is 36.6 Å². The van der Waals surface area contributed by atoms with Crippen molar-refractivity contribution in [3.05, 3.63) is 35.4 Å². The van der Waals surface area contributed by atoms with Crippen molar-refractivity contribution < 1.29 is 32.6 Å². The predicted molar refractivity (Wildman–Crippen MR) is 89.1 cm³/mol. The molecule has 1 atom stereocenters. The van der Waals surface area contributed by atoms with Crippen molar-refractivity contribution >= 4 is 17.8 Å². The smallest absolute Gasteiger partial charge is 0.328 e. The van der Waals surface area contributed by atoms with E-state index in [4.69, 9.17) is 4.74 Å². The molecule has 0 bridgehead atoms. The number of amides is 1. The molecule has 0 spiro atoms. The van der Waals surface area contributed by atoms with Gasteiger partial charge in [-0.3, -0.25) is 9.59 Å². The van der Waals surface area contributed by atoms with Crippen LogP contribution in [0.2, 0.25) is 0 Å². The van der Waals surface area contributed by atoms with Crippen LogP contribution >= 0.6 is 0 Å². The summed E-state index contributed by atoms with van der Waals surface area (Å²) in [5.74, 6) is -3.49. The maximum absolute atomic E-state index is 13.2. The summed E-state index contributed by atoms with van der Waals surface area (Å²) >= 11 is 0. The first-order valence-electron chi connectivity index (χ1n) is 8.04. The van der Waals surface area contributed by atoms with Crippen LogP contribution in [0, 0.1) is 11.6 Å². The van der Waals surface area contributed by atoms with Crippen LogP contribution in [0.4, 0.5) is 8.78 Å². The molecule has 26 heavy (non-hydrogen) atoms. The molecule has 0 aliphatic rings. The van der Waals surface area contributed by atoms with Crippen LogP contribution in [0.5, 0.6) is 0 Å². The summed E-state index contributed by atoms with van der Waals surface area (Å²) in [4.78, 5) is 35.6. The number of carbonyl (C=O) groups is 3. The molecule has 0 saturated heterocycles. The van der Waals surface area contributed by atoms with Crippen molar-refractivity contribution in [2.24, 2.45) is 0 Å². The van der Waals surface area contributed by atoms with Crippen LogP contribution in [0.1, 0.15) is 39.2 Å². The fourth-order valence-electron chi connectivity index (χ4n) is 2.19. The average molecular weight is 371 g/mol. The molecule has 0 heterocycles. The van der Waals surface area contributed by atoms with Crippen molar-refractivity contribution in [2.45, 2.75) is 51.7 Å². The summed E-state index contributed by atoms with van der Waals surface area (Å²) in [6.45, 7) is 5.13. The molecule has 0 fully saturated rings. The third-order valence-corrected chi connectivity index (χ3v) is 3.17. The SMILES string of the molecule is COC(=O)[C@H](CCC(=O)OC(C)(C)C)NC(=O)Cc1cc(F)cc(F)c1. The van der Waals surface area contributed by atoms with Gasteiger partial charge >= 0.3 is 11.9 Å². The topological polar surface area (TPSA) is 81.7 Å². The van der Waals surface area contributed by atoms with Crippen molar-refractivity contribution in [3.8, 4) is 0 Å². The summed E-state index contributed by atoms with van der Waals surface area (Å²) in [7, 11) is 1.15. The summed E-state index contributed by atoms with van der Waals surface area (Å²) in [5, 5.41) is 2.41.